The highest BCUT2D eigenvalue weighted by Gasteiger charge is 2.43. The Labute approximate surface area is 614 Å². The second-order valence-corrected chi connectivity index (χ2v) is 26.2. The number of carboxylic acids is 5. The number of phenolic OH excluding ortho intramolecular Hbond substituents is 2. The van der Waals surface area contributed by atoms with E-state index in [1.807, 2.05) is 0 Å². The summed E-state index contributed by atoms with van der Waals surface area (Å²) in [6.07, 6.45) is -7.09. The number of carboxylic acid groups (broad SMARTS) is 5. The van der Waals surface area contributed by atoms with E-state index in [1.165, 1.54) is 55.5 Å². The molecule has 0 radical (unpaired) electrons. The van der Waals surface area contributed by atoms with Gasteiger partial charge in [0.05, 0.1) is 13.0 Å². The number of likely N-dealkylation sites (tertiary alicyclic amines) is 1. The molecule has 37 nitrogen and oxygen atoms in total. The van der Waals surface area contributed by atoms with Crippen molar-refractivity contribution in [3.05, 3.63) is 95.6 Å². The van der Waals surface area contributed by atoms with E-state index in [9.17, 15) is 117 Å². The largest absolute Gasteiger partial charge is 0.508 e. The maximum Gasteiger partial charge on any atom is 0.326 e. The Morgan fingerprint density at radius 1 is 0.449 bits per heavy atom. The molecule has 21 N–H and O–H groups in total. The van der Waals surface area contributed by atoms with Gasteiger partial charge in [0.2, 0.25) is 70.9 Å². The minimum absolute atomic E-state index is 0.0793. The fraction of sp³-hybridized carbons (Fsp3) is 0.500. The van der Waals surface area contributed by atoms with Gasteiger partial charge in [-0.3, -0.25) is 76.7 Å². The Kier molecular flexibility index (Phi) is 35.6. The highest BCUT2D eigenvalue weighted by molar-refractivity contribution is 6.00. The van der Waals surface area contributed by atoms with Crippen LogP contribution in [0.4, 0.5) is 0 Å². The van der Waals surface area contributed by atoms with Gasteiger partial charge in [0.15, 0.2) is 0 Å². The summed E-state index contributed by atoms with van der Waals surface area (Å²) in [5.74, 6) is -21.6. The van der Waals surface area contributed by atoms with Crippen LogP contribution < -0.4 is 64.6 Å². The summed E-state index contributed by atoms with van der Waals surface area (Å²) < 4.78 is 0. The fourth-order valence-electron chi connectivity index (χ4n) is 11.3. The molecule has 3 aromatic carbocycles. The summed E-state index contributed by atoms with van der Waals surface area (Å²) in [5, 5.41) is 93.2. The molecule has 1 saturated heterocycles. The molecule has 37 heteroatoms. The molecule has 3 aromatic rings. The van der Waals surface area contributed by atoms with Gasteiger partial charge in [-0.15, -0.1) is 0 Å². The van der Waals surface area contributed by atoms with Crippen molar-refractivity contribution in [3.8, 4) is 11.5 Å². The molecular weight excluding hydrogens is 1410 g/mol. The SMILES string of the molecule is CC[C@H](C)[C@H](NC(=O)[C@H](CCC(=O)O)NC(=O)[C@H](CCC(=O)O)NC(=O)[C@H](Cc1ccccc1)NC(=O)[C@H](CC(=O)O)NC(=O)CN)C(=O)N1CCC[C@H]1C(=O)N[C@@H](CCC(=O)O)C(=O)N[C@@H](Cc1ccc(O)cc1)C(=O)N[C@@H](Cc1ccc(O)cc1)C(=O)N[C@@H](CC(C)C)C(=O)N[C@@H](CCC(N)=O)C(=O)O. The molecule has 1 fully saturated rings. The van der Waals surface area contributed by atoms with Crippen molar-refractivity contribution in [1.29, 1.82) is 0 Å². The van der Waals surface area contributed by atoms with E-state index in [4.69, 9.17) is 11.5 Å². The molecule has 12 amide bonds. The number of aromatic hydroxyl groups is 2. The van der Waals surface area contributed by atoms with E-state index < -0.39 is 244 Å². The lowest BCUT2D eigenvalue weighted by Crippen LogP contribution is -2.61. The molecule has 107 heavy (non-hydrogen) atoms. The van der Waals surface area contributed by atoms with Crippen molar-refractivity contribution in [2.45, 2.75) is 197 Å². The van der Waals surface area contributed by atoms with Crippen LogP contribution in [-0.2, 0) is 101 Å². The zero-order chi connectivity index (χ0) is 79.8. The van der Waals surface area contributed by atoms with Gasteiger partial charge in [0, 0.05) is 51.5 Å². The number of nitrogens with one attached hydrogen (secondary N) is 10. The van der Waals surface area contributed by atoms with Crippen LogP contribution in [0.15, 0.2) is 78.9 Å². The van der Waals surface area contributed by atoms with E-state index in [1.54, 1.807) is 51.1 Å². The van der Waals surface area contributed by atoms with Crippen LogP contribution >= 0.6 is 0 Å². The van der Waals surface area contributed by atoms with Gasteiger partial charge in [-0.05, 0) is 97.7 Å². The molecule has 1 aliphatic heterocycles. The number of nitrogens with zero attached hydrogens (tertiary/aromatic N) is 1. The topological polar surface area (TPSA) is 607 Å². The molecule has 0 saturated carbocycles. The standard InChI is InChI=1S/C70H95N13O24/c1-5-37(4)59(82-62(98)45(24-28-57(92)93)74-60(96)43(22-26-55(88)89)75-64(100)48(31-38-10-7-6-8-11-38)81-67(103)51(34-58(94)95)73-54(87)35-71)69(105)83-29-9-12-52(83)68(104)76-44(23-27-56(90)91)61(97)79-49(32-39-13-17-41(84)18-14-39)66(102)80-50(33-40-15-19-42(85)20-16-40)65(101)78-47(30-36(2)3)63(99)77-46(70(106)107)21-25-53(72)86/h6-8,10-11,13-20,36-37,43-52,59,84-85H,5,9,12,21-35,71H2,1-4H3,(H2,72,86)(H,73,87)(H,74,96)(H,75,100)(H,76,104)(H,77,99)(H,78,101)(H,79,97)(H,80,102)(H,81,103)(H,82,98)(H,88,89)(H,90,91)(H,92,93)(H,94,95)(H,106,107)/t37-,43-,44-,45-,46-,47-,48-,49-,50-,51-,52-,59-/m0/s1. The van der Waals surface area contributed by atoms with E-state index in [-0.39, 0.29) is 62.5 Å². The van der Waals surface area contributed by atoms with Crippen LogP contribution in [0.1, 0.15) is 128 Å². The first-order valence-electron chi connectivity index (χ1n) is 34.5. The quantitative estimate of drug-likeness (QED) is 0.0276. The average molecular weight is 1500 g/mol. The van der Waals surface area contributed by atoms with Crippen molar-refractivity contribution in [3.63, 3.8) is 0 Å². The molecule has 1 heterocycles. The van der Waals surface area contributed by atoms with Crippen molar-refractivity contribution >= 4 is 101 Å². The Hall–Kier alpha value is -11.8. The molecule has 4 rings (SSSR count). The summed E-state index contributed by atoms with van der Waals surface area (Å²) >= 11 is 0. The highest BCUT2D eigenvalue weighted by atomic mass is 16.4. The van der Waals surface area contributed by atoms with Crippen molar-refractivity contribution in [2.24, 2.45) is 23.3 Å². The zero-order valence-corrected chi connectivity index (χ0v) is 59.4. The monoisotopic (exact) mass is 1500 g/mol. The first kappa shape index (κ1) is 87.6. The number of hydrogen-bond acceptors (Lipinski definition) is 20. The Bertz CT molecular complexity index is 3660. The number of primary amides is 1. The molecule has 12 atom stereocenters. The number of phenols is 2. The predicted molar refractivity (Wildman–Crippen MR) is 375 cm³/mol. The molecule has 0 aliphatic carbocycles. The number of benzene rings is 3. The number of aliphatic carboxylic acids is 5. The van der Waals surface area contributed by atoms with E-state index in [0.29, 0.717) is 16.7 Å². The third-order valence-corrected chi connectivity index (χ3v) is 17.2. The van der Waals surface area contributed by atoms with Gasteiger partial charge >= 0.3 is 29.8 Å². The number of rotatable bonds is 46. The van der Waals surface area contributed by atoms with Gasteiger partial charge in [-0.25, -0.2) is 4.79 Å². The lowest BCUT2D eigenvalue weighted by Gasteiger charge is -2.33. The predicted octanol–water partition coefficient (Wildman–Crippen LogP) is -2.57. The van der Waals surface area contributed by atoms with Crippen LogP contribution in [0, 0.1) is 11.8 Å². The average Bonchev–Trinajstić information content (AvgIpc) is 1.76. The second-order valence-electron chi connectivity index (χ2n) is 26.2. The van der Waals surface area contributed by atoms with E-state index in [0.717, 1.165) is 4.90 Å². The molecule has 0 aromatic heterocycles. The minimum atomic E-state index is -1.86. The first-order chi connectivity index (χ1) is 50.5. The molecule has 0 spiro atoms. The molecule has 1 aliphatic rings. The first-order valence-corrected chi connectivity index (χ1v) is 34.5. The zero-order valence-electron chi connectivity index (χ0n) is 59.4. The maximum absolute atomic E-state index is 14.9. The third kappa shape index (κ3) is 30.4. The smallest absolute Gasteiger partial charge is 0.326 e. The summed E-state index contributed by atoms with van der Waals surface area (Å²) in [4.78, 5) is 229. The maximum atomic E-state index is 14.9. The second kappa shape index (κ2) is 43.5. The van der Waals surface area contributed by atoms with Gasteiger partial charge < -0.3 is 105 Å². The Balaban J connectivity index is 1.67. The van der Waals surface area contributed by atoms with Crippen LogP contribution in [0.3, 0.4) is 0 Å². The summed E-state index contributed by atoms with van der Waals surface area (Å²) in [6.45, 7) is 5.76. The van der Waals surface area contributed by atoms with E-state index >= 15 is 0 Å². The highest BCUT2D eigenvalue weighted by Crippen LogP contribution is 2.24. The summed E-state index contributed by atoms with van der Waals surface area (Å²) in [5.41, 5.74) is 11.6. The Morgan fingerprint density at radius 3 is 1.22 bits per heavy atom. The van der Waals surface area contributed by atoms with Crippen LogP contribution in [0.5, 0.6) is 11.5 Å². The van der Waals surface area contributed by atoms with Gasteiger partial charge in [0.25, 0.3) is 0 Å². The van der Waals surface area contributed by atoms with Crippen LogP contribution in [-0.4, -0.2) is 221 Å². The number of carbonyl (C=O) groups excluding carboxylic acids is 12. The normalized spacial score (nSPS) is 15.5. The van der Waals surface area contributed by atoms with Crippen molar-refractivity contribution in [1.82, 2.24) is 58.1 Å². The summed E-state index contributed by atoms with van der Waals surface area (Å²) in [7, 11) is 0. The minimum Gasteiger partial charge on any atom is -0.508 e. The number of nitrogens with two attached hydrogens (primary N) is 2. The van der Waals surface area contributed by atoms with Crippen molar-refractivity contribution in [2.75, 3.05) is 13.1 Å². The van der Waals surface area contributed by atoms with Gasteiger partial charge in [-0.1, -0.05) is 88.7 Å². The molecule has 0 unspecified atom stereocenters. The number of amides is 12. The molecule has 0 bridgehead atoms. The lowest BCUT2D eigenvalue weighted by atomic mass is 9.96. The third-order valence-electron chi connectivity index (χ3n) is 17.2. The molecule has 584 valence electrons. The number of hydrogen-bond donors (Lipinski definition) is 19. The van der Waals surface area contributed by atoms with Crippen LogP contribution in [0.2, 0.25) is 0 Å². The fourth-order valence-corrected chi connectivity index (χ4v) is 11.3. The van der Waals surface area contributed by atoms with Gasteiger partial charge in [-0.2, -0.15) is 0 Å². The van der Waals surface area contributed by atoms with E-state index in [2.05, 4.69) is 53.2 Å². The number of carbonyl (C=O) groups is 17. The Morgan fingerprint density at radius 2 is 0.822 bits per heavy atom. The summed E-state index contributed by atoms with van der Waals surface area (Å²) in [6, 6.07) is 0.227. The van der Waals surface area contributed by atoms with Crippen LogP contribution in [0.25, 0.3) is 0 Å². The van der Waals surface area contributed by atoms with Crippen molar-refractivity contribution < 1.29 is 117 Å². The molecular formula is C70H95N13O24. The lowest BCUT2D eigenvalue weighted by molar-refractivity contribution is -0.144. The van der Waals surface area contributed by atoms with Gasteiger partial charge in [0.1, 0.15) is 78.0 Å².